The SMILES string of the molecule is C=CC[C@@]1(O)CC[C@H]2[C@@H]3CCC4CC(O)CC[C@@H]4[C@H]3CC[C@@]21C. The number of fused-ring (bicyclic) bond motifs is 5. The van der Waals surface area contributed by atoms with E-state index in [2.05, 4.69) is 13.5 Å². The lowest BCUT2D eigenvalue weighted by Crippen LogP contribution is -2.53. The summed E-state index contributed by atoms with van der Waals surface area (Å²) in [6.45, 7) is 6.27. The highest BCUT2D eigenvalue weighted by Crippen LogP contribution is 2.65. The van der Waals surface area contributed by atoms with Crippen LogP contribution in [0.25, 0.3) is 0 Å². The van der Waals surface area contributed by atoms with E-state index in [4.69, 9.17) is 0 Å². The van der Waals surface area contributed by atoms with Gasteiger partial charge >= 0.3 is 0 Å². The molecule has 0 saturated heterocycles. The van der Waals surface area contributed by atoms with E-state index in [-0.39, 0.29) is 11.5 Å². The minimum atomic E-state index is -0.510. The van der Waals surface area contributed by atoms with Crippen molar-refractivity contribution in [2.45, 2.75) is 82.8 Å². The van der Waals surface area contributed by atoms with E-state index in [1.807, 2.05) is 6.08 Å². The van der Waals surface area contributed by atoms with Gasteiger partial charge in [0.1, 0.15) is 0 Å². The molecular weight excluding hydrogens is 284 g/mol. The Morgan fingerprint density at radius 2 is 1.78 bits per heavy atom. The molecule has 2 heteroatoms. The standard InChI is InChI=1S/C21H34O2/c1-3-10-21(23)12-9-19-18-6-4-14-13-15(22)5-7-16(14)17(18)8-11-20(19,21)2/h3,14-19,22-23H,1,4-13H2,2H3/t14?,15?,16-,17+,18+,19-,20-,21+/m0/s1. The summed E-state index contributed by atoms with van der Waals surface area (Å²) in [6.07, 6.45) is 13.3. The molecule has 0 bridgehead atoms. The van der Waals surface area contributed by atoms with Gasteiger partial charge in [-0.05, 0) is 99.2 Å². The molecule has 4 aliphatic carbocycles. The maximum atomic E-state index is 11.3. The molecule has 4 saturated carbocycles. The van der Waals surface area contributed by atoms with Gasteiger partial charge in [-0.15, -0.1) is 6.58 Å². The fourth-order valence-electron chi connectivity index (χ4n) is 7.51. The molecule has 8 atom stereocenters. The molecule has 0 aromatic rings. The van der Waals surface area contributed by atoms with Crippen LogP contribution in [-0.2, 0) is 0 Å². The van der Waals surface area contributed by atoms with Gasteiger partial charge in [0.05, 0.1) is 11.7 Å². The van der Waals surface area contributed by atoms with Gasteiger partial charge in [-0.2, -0.15) is 0 Å². The second-order valence-electron chi connectivity index (χ2n) is 9.42. The van der Waals surface area contributed by atoms with E-state index >= 15 is 0 Å². The summed E-state index contributed by atoms with van der Waals surface area (Å²) in [6, 6.07) is 0. The normalized spacial score (nSPS) is 55.6. The van der Waals surface area contributed by atoms with Gasteiger partial charge in [0.2, 0.25) is 0 Å². The lowest BCUT2D eigenvalue weighted by Gasteiger charge is -2.57. The van der Waals surface area contributed by atoms with Crippen LogP contribution in [0.1, 0.15) is 71.1 Å². The molecule has 4 rings (SSSR count). The molecule has 23 heavy (non-hydrogen) atoms. The van der Waals surface area contributed by atoms with Crippen molar-refractivity contribution in [2.24, 2.45) is 35.0 Å². The zero-order valence-electron chi connectivity index (χ0n) is 14.7. The first-order valence-electron chi connectivity index (χ1n) is 10.00. The molecule has 4 fully saturated rings. The van der Waals surface area contributed by atoms with Gasteiger partial charge in [0.15, 0.2) is 0 Å². The van der Waals surface area contributed by atoms with Crippen molar-refractivity contribution in [3.63, 3.8) is 0 Å². The highest BCUT2D eigenvalue weighted by Gasteiger charge is 2.62. The first-order chi connectivity index (χ1) is 11.0. The number of rotatable bonds is 2. The lowest BCUT2D eigenvalue weighted by atomic mass is 9.49. The number of aliphatic hydroxyl groups excluding tert-OH is 1. The molecular formula is C21H34O2. The molecule has 0 heterocycles. The summed E-state index contributed by atoms with van der Waals surface area (Å²) in [4.78, 5) is 0. The molecule has 0 spiro atoms. The molecule has 0 aliphatic heterocycles. The highest BCUT2D eigenvalue weighted by atomic mass is 16.3. The van der Waals surface area contributed by atoms with Gasteiger partial charge in [0.25, 0.3) is 0 Å². The van der Waals surface area contributed by atoms with E-state index < -0.39 is 5.60 Å². The van der Waals surface area contributed by atoms with Gasteiger partial charge in [0, 0.05) is 0 Å². The first-order valence-corrected chi connectivity index (χ1v) is 10.00. The first kappa shape index (κ1) is 16.1. The molecule has 0 radical (unpaired) electrons. The van der Waals surface area contributed by atoms with Crippen molar-refractivity contribution in [3.05, 3.63) is 12.7 Å². The third-order valence-electron chi connectivity index (χ3n) is 8.73. The summed E-state index contributed by atoms with van der Waals surface area (Å²) in [5.41, 5.74) is -0.409. The van der Waals surface area contributed by atoms with Gasteiger partial charge < -0.3 is 10.2 Å². The van der Waals surface area contributed by atoms with Crippen LogP contribution < -0.4 is 0 Å². The van der Waals surface area contributed by atoms with E-state index in [1.165, 1.54) is 38.5 Å². The smallest absolute Gasteiger partial charge is 0.0738 e. The Morgan fingerprint density at radius 3 is 2.57 bits per heavy atom. The Labute approximate surface area is 141 Å². The van der Waals surface area contributed by atoms with Crippen LogP contribution in [0.4, 0.5) is 0 Å². The second-order valence-corrected chi connectivity index (χ2v) is 9.42. The summed E-state index contributed by atoms with van der Waals surface area (Å²) >= 11 is 0. The Kier molecular flexibility index (Phi) is 3.93. The van der Waals surface area contributed by atoms with Crippen LogP contribution in [0.3, 0.4) is 0 Å². The Hall–Kier alpha value is -0.340. The quantitative estimate of drug-likeness (QED) is 0.745. The third-order valence-corrected chi connectivity index (χ3v) is 8.73. The minimum Gasteiger partial charge on any atom is -0.393 e. The van der Waals surface area contributed by atoms with Crippen molar-refractivity contribution < 1.29 is 10.2 Å². The Balaban J connectivity index is 1.57. The molecule has 4 aliphatic rings. The number of hydrogen-bond acceptors (Lipinski definition) is 2. The van der Waals surface area contributed by atoms with Crippen molar-refractivity contribution in [3.8, 4) is 0 Å². The fourth-order valence-corrected chi connectivity index (χ4v) is 7.51. The predicted octanol–water partition coefficient (Wildman–Crippen LogP) is 4.31. The van der Waals surface area contributed by atoms with Gasteiger partial charge in [-0.3, -0.25) is 0 Å². The van der Waals surface area contributed by atoms with E-state index in [0.29, 0.717) is 5.92 Å². The van der Waals surface area contributed by atoms with Gasteiger partial charge in [-0.1, -0.05) is 13.0 Å². The highest BCUT2D eigenvalue weighted by molar-refractivity contribution is 5.13. The maximum Gasteiger partial charge on any atom is 0.0738 e. The summed E-state index contributed by atoms with van der Waals surface area (Å²) < 4.78 is 0. The molecule has 2 nitrogen and oxygen atoms in total. The molecule has 0 aromatic heterocycles. The van der Waals surface area contributed by atoms with Crippen molar-refractivity contribution in [1.29, 1.82) is 0 Å². The van der Waals surface area contributed by atoms with Crippen molar-refractivity contribution in [1.82, 2.24) is 0 Å². The maximum absolute atomic E-state index is 11.3. The van der Waals surface area contributed by atoms with Crippen LogP contribution in [0.5, 0.6) is 0 Å². The van der Waals surface area contributed by atoms with E-state index in [1.54, 1.807) is 0 Å². The predicted molar refractivity (Wildman–Crippen MR) is 92.9 cm³/mol. The van der Waals surface area contributed by atoms with Crippen molar-refractivity contribution in [2.75, 3.05) is 0 Å². The summed E-state index contributed by atoms with van der Waals surface area (Å²) in [7, 11) is 0. The average molecular weight is 319 g/mol. The van der Waals surface area contributed by atoms with Gasteiger partial charge in [-0.25, -0.2) is 0 Å². The zero-order chi connectivity index (χ0) is 16.2. The summed E-state index contributed by atoms with van der Waals surface area (Å²) in [5.74, 6) is 4.03. The molecule has 0 amide bonds. The van der Waals surface area contributed by atoms with Crippen LogP contribution >= 0.6 is 0 Å². The topological polar surface area (TPSA) is 40.5 Å². The van der Waals surface area contributed by atoms with Crippen LogP contribution in [0.15, 0.2) is 12.7 Å². The third kappa shape index (κ3) is 2.28. The zero-order valence-corrected chi connectivity index (χ0v) is 14.7. The van der Waals surface area contributed by atoms with Crippen LogP contribution in [-0.4, -0.2) is 21.9 Å². The largest absolute Gasteiger partial charge is 0.393 e. The number of aliphatic hydroxyl groups is 2. The average Bonchev–Trinajstić information content (AvgIpc) is 2.79. The molecule has 0 aromatic carbocycles. The van der Waals surface area contributed by atoms with Crippen LogP contribution in [0.2, 0.25) is 0 Å². The second kappa shape index (κ2) is 5.59. The molecule has 2 unspecified atom stereocenters. The molecule has 130 valence electrons. The molecule has 2 N–H and O–H groups in total. The van der Waals surface area contributed by atoms with Crippen LogP contribution in [0, 0.1) is 35.0 Å². The fraction of sp³-hybridized carbons (Fsp3) is 0.905. The number of hydrogen-bond donors (Lipinski definition) is 2. The lowest BCUT2D eigenvalue weighted by molar-refractivity contribution is -0.132. The summed E-state index contributed by atoms with van der Waals surface area (Å²) in [5, 5.41) is 21.3. The van der Waals surface area contributed by atoms with E-state index in [9.17, 15) is 10.2 Å². The van der Waals surface area contributed by atoms with Crippen molar-refractivity contribution >= 4 is 0 Å². The Bertz CT molecular complexity index is 474. The monoisotopic (exact) mass is 318 g/mol. The van der Waals surface area contributed by atoms with E-state index in [0.717, 1.165) is 49.4 Å². The minimum absolute atomic E-state index is 0.0363. The Morgan fingerprint density at radius 1 is 1.00 bits per heavy atom.